The number of fused-ring (bicyclic) bond motifs is 1. The maximum atomic E-state index is 12.5. The first-order valence-electron chi connectivity index (χ1n) is 9.17. The zero-order valence-electron chi connectivity index (χ0n) is 14.4. The van der Waals surface area contributed by atoms with E-state index >= 15 is 0 Å². The van der Waals surface area contributed by atoms with Crippen molar-refractivity contribution in [1.29, 1.82) is 0 Å². The molecule has 1 aliphatic carbocycles. The molecule has 1 saturated heterocycles. The lowest BCUT2D eigenvalue weighted by Crippen LogP contribution is -2.49. The van der Waals surface area contributed by atoms with Crippen molar-refractivity contribution in [2.45, 2.75) is 25.7 Å². The molecule has 2 aliphatic rings. The molecule has 132 valence electrons. The molecule has 4 rings (SSSR count). The van der Waals surface area contributed by atoms with Gasteiger partial charge in [0, 0.05) is 45.6 Å². The molecule has 1 aliphatic heterocycles. The Morgan fingerprint density at radius 3 is 2.68 bits per heavy atom. The van der Waals surface area contributed by atoms with Gasteiger partial charge >= 0.3 is 0 Å². The van der Waals surface area contributed by atoms with Gasteiger partial charge < -0.3 is 9.88 Å². The van der Waals surface area contributed by atoms with Crippen LogP contribution in [0.1, 0.15) is 25.0 Å². The quantitative estimate of drug-likeness (QED) is 0.893. The van der Waals surface area contributed by atoms with Gasteiger partial charge in [-0.15, -0.1) is 0 Å². The number of carbonyl (C=O) groups is 1. The van der Waals surface area contributed by atoms with E-state index in [1.165, 1.54) is 19.4 Å². The third-order valence-electron chi connectivity index (χ3n) is 5.18. The zero-order chi connectivity index (χ0) is 17.2. The van der Waals surface area contributed by atoms with Crippen LogP contribution in [0.15, 0.2) is 29.1 Å². The SMILES string of the molecule is O=C(CCc1nc2ccccc2[nH]c1=O)N1CCN(CC2CC2)CC1. The van der Waals surface area contributed by atoms with Crippen molar-refractivity contribution >= 4 is 16.9 Å². The number of aromatic nitrogens is 2. The summed E-state index contributed by atoms with van der Waals surface area (Å²) in [5.74, 6) is 1.02. The van der Waals surface area contributed by atoms with Crippen LogP contribution >= 0.6 is 0 Å². The minimum atomic E-state index is -0.194. The highest BCUT2D eigenvalue weighted by Crippen LogP contribution is 2.29. The molecule has 25 heavy (non-hydrogen) atoms. The van der Waals surface area contributed by atoms with Gasteiger partial charge in [-0.3, -0.25) is 14.5 Å². The van der Waals surface area contributed by atoms with Crippen LogP contribution in [0.25, 0.3) is 11.0 Å². The van der Waals surface area contributed by atoms with E-state index in [1.54, 1.807) is 0 Å². The molecule has 2 heterocycles. The second kappa shape index (κ2) is 6.96. The van der Waals surface area contributed by atoms with Crippen LogP contribution < -0.4 is 5.56 Å². The largest absolute Gasteiger partial charge is 0.340 e. The van der Waals surface area contributed by atoms with E-state index in [2.05, 4.69) is 14.9 Å². The maximum absolute atomic E-state index is 12.5. The highest BCUT2D eigenvalue weighted by atomic mass is 16.2. The van der Waals surface area contributed by atoms with E-state index in [0.717, 1.165) is 43.1 Å². The fraction of sp³-hybridized carbons (Fsp3) is 0.526. The molecule has 0 radical (unpaired) electrons. The van der Waals surface area contributed by atoms with Crippen LogP contribution in [0.4, 0.5) is 0 Å². The smallest absolute Gasteiger partial charge is 0.270 e. The van der Waals surface area contributed by atoms with Crippen molar-refractivity contribution in [2.75, 3.05) is 32.7 Å². The number of amides is 1. The van der Waals surface area contributed by atoms with E-state index in [9.17, 15) is 9.59 Å². The number of H-pyrrole nitrogens is 1. The third-order valence-corrected chi connectivity index (χ3v) is 5.18. The Labute approximate surface area is 146 Å². The Morgan fingerprint density at radius 1 is 1.16 bits per heavy atom. The second-order valence-electron chi connectivity index (χ2n) is 7.15. The average molecular weight is 340 g/mol. The normalized spacial score (nSPS) is 18.6. The Hall–Kier alpha value is -2.21. The number of aryl methyl sites for hydroxylation is 1. The number of nitrogens with one attached hydrogen (secondary N) is 1. The van der Waals surface area contributed by atoms with Crippen LogP contribution in [-0.2, 0) is 11.2 Å². The molecule has 1 aromatic carbocycles. The minimum Gasteiger partial charge on any atom is -0.340 e. The number of hydrogen-bond acceptors (Lipinski definition) is 4. The standard InChI is InChI=1S/C19H24N4O2/c24-18(23-11-9-22(10-12-23)13-14-5-6-14)8-7-17-19(25)21-16-4-2-1-3-15(16)20-17/h1-4,14H,5-13H2,(H,21,25). The summed E-state index contributed by atoms with van der Waals surface area (Å²) in [5.41, 5.74) is 1.74. The first-order valence-corrected chi connectivity index (χ1v) is 9.17. The van der Waals surface area contributed by atoms with Gasteiger partial charge in [0.05, 0.1) is 11.0 Å². The fourth-order valence-corrected chi connectivity index (χ4v) is 3.47. The van der Waals surface area contributed by atoms with Gasteiger partial charge in [-0.25, -0.2) is 4.98 Å². The summed E-state index contributed by atoms with van der Waals surface area (Å²) in [6.45, 7) is 4.73. The van der Waals surface area contributed by atoms with Gasteiger partial charge in [0.15, 0.2) is 0 Å². The highest BCUT2D eigenvalue weighted by molar-refractivity contribution is 5.77. The molecule has 2 aromatic rings. The van der Waals surface area contributed by atoms with Crippen LogP contribution in [-0.4, -0.2) is 58.4 Å². The lowest BCUT2D eigenvalue weighted by molar-refractivity contribution is -0.132. The van der Waals surface area contributed by atoms with Crippen molar-refractivity contribution in [3.63, 3.8) is 0 Å². The Balaban J connectivity index is 1.32. The number of nitrogens with zero attached hydrogens (tertiary/aromatic N) is 3. The van der Waals surface area contributed by atoms with Gasteiger partial charge in [-0.05, 0) is 30.9 Å². The lowest BCUT2D eigenvalue weighted by Gasteiger charge is -2.34. The summed E-state index contributed by atoms with van der Waals surface area (Å²) in [6, 6.07) is 7.46. The van der Waals surface area contributed by atoms with Crippen molar-refractivity contribution in [1.82, 2.24) is 19.8 Å². The number of carbonyl (C=O) groups excluding carboxylic acids is 1. The predicted octanol–water partition coefficient (Wildman–Crippen LogP) is 1.41. The zero-order valence-corrected chi connectivity index (χ0v) is 14.4. The van der Waals surface area contributed by atoms with Gasteiger partial charge in [0.2, 0.25) is 5.91 Å². The lowest BCUT2D eigenvalue weighted by atomic mass is 10.2. The van der Waals surface area contributed by atoms with Crippen LogP contribution in [0.3, 0.4) is 0 Å². The number of hydrogen-bond donors (Lipinski definition) is 1. The van der Waals surface area contributed by atoms with Crippen LogP contribution in [0, 0.1) is 5.92 Å². The summed E-state index contributed by atoms with van der Waals surface area (Å²) in [4.78, 5) is 36.2. The van der Waals surface area contributed by atoms with Crippen molar-refractivity contribution in [3.05, 3.63) is 40.3 Å². The predicted molar refractivity (Wildman–Crippen MR) is 96.4 cm³/mol. The highest BCUT2D eigenvalue weighted by Gasteiger charge is 2.27. The first-order chi connectivity index (χ1) is 12.2. The molecule has 0 atom stereocenters. The molecule has 0 bridgehead atoms. The average Bonchev–Trinajstić information content (AvgIpc) is 3.44. The number of rotatable bonds is 5. The van der Waals surface area contributed by atoms with Gasteiger partial charge in [-0.2, -0.15) is 0 Å². The van der Waals surface area contributed by atoms with Crippen molar-refractivity contribution < 1.29 is 4.79 Å². The van der Waals surface area contributed by atoms with E-state index in [4.69, 9.17) is 0 Å². The van der Waals surface area contributed by atoms with E-state index < -0.39 is 0 Å². The minimum absolute atomic E-state index is 0.125. The topological polar surface area (TPSA) is 69.3 Å². The molecular weight excluding hydrogens is 316 g/mol. The Morgan fingerprint density at radius 2 is 1.92 bits per heavy atom. The third kappa shape index (κ3) is 3.90. The fourth-order valence-electron chi connectivity index (χ4n) is 3.47. The van der Waals surface area contributed by atoms with Gasteiger partial charge in [0.25, 0.3) is 5.56 Å². The molecule has 6 nitrogen and oxygen atoms in total. The molecule has 2 fully saturated rings. The number of piperazine rings is 1. The van der Waals surface area contributed by atoms with Crippen LogP contribution in [0.5, 0.6) is 0 Å². The maximum Gasteiger partial charge on any atom is 0.270 e. The summed E-state index contributed by atoms with van der Waals surface area (Å²) in [5, 5.41) is 0. The van der Waals surface area contributed by atoms with Gasteiger partial charge in [0.1, 0.15) is 5.69 Å². The summed E-state index contributed by atoms with van der Waals surface area (Å²) < 4.78 is 0. The van der Waals surface area contributed by atoms with Gasteiger partial charge in [-0.1, -0.05) is 12.1 Å². The number of para-hydroxylation sites is 2. The molecular formula is C19H24N4O2. The van der Waals surface area contributed by atoms with Crippen molar-refractivity contribution in [2.24, 2.45) is 5.92 Å². The Kier molecular flexibility index (Phi) is 4.53. The second-order valence-corrected chi connectivity index (χ2v) is 7.15. The number of aromatic amines is 1. The summed E-state index contributed by atoms with van der Waals surface area (Å²) in [6.07, 6.45) is 3.47. The number of benzene rings is 1. The van der Waals surface area contributed by atoms with Crippen LogP contribution in [0.2, 0.25) is 0 Å². The molecule has 1 aromatic heterocycles. The monoisotopic (exact) mass is 340 g/mol. The van der Waals surface area contributed by atoms with E-state index in [1.807, 2.05) is 29.2 Å². The molecule has 1 N–H and O–H groups in total. The Bertz CT molecular complexity index is 820. The summed E-state index contributed by atoms with van der Waals surface area (Å²) >= 11 is 0. The van der Waals surface area contributed by atoms with E-state index in [0.29, 0.717) is 18.5 Å². The molecule has 6 heteroatoms. The molecule has 0 spiro atoms. The van der Waals surface area contributed by atoms with Crippen molar-refractivity contribution in [3.8, 4) is 0 Å². The first kappa shape index (κ1) is 16.3. The summed E-state index contributed by atoms with van der Waals surface area (Å²) in [7, 11) is 0. The van der Waals surface area contributed by atoms with E-state index in [-0.39, 0.29) is 11.5 Å². The molecule has 1 amide bonds. The molecule has 0 unspecified atom stereocenters. The molecule has 1 saturated carbocycles.